The number of aryl methyl sites for hydroxylation is 1. The van der Waals surface area contributed by atoms with Crippen molar-refractivity contribution in [1.29, 1.82) is 0 Å². The first-order valence-corrected chi connectivity index (χ1v) is 6.98. The van der Waals surface area contributed by atoms with Crippen molar-refractivity contribution in [2.45, 2.75) is 19.9 Å². The lowest BCUT2D eigenvalue weighted by Gasteiger charge is -2.21. The Kier molecular flexibility index (Phi) is 4.65. The number of rotatable bonds is 4. The number of ether oxygens (including phenoxy) is 1. The van der Waals surface area contributed by atoms with Gasteiger partial charge in [-0.25, -0.2) is 9.59 Å². The number of carbonyl (C=O) groups is 3. The highest BCUT2D eigenvalue weighted by atomic mass is 16.5. The first-order valence-electron chi connectivity index (χ1n) is 6.98. The predicted octanol–water partition coefficient (Wildman–Crippen LogP) is 1.13. The van der Waals surface area contributed by atoms with Crippen LogP contribution in [0.4, 0.5) is 10.5 Å². The molecule has 1 atom stereocenters. The molecule has 1 aromatic rings. The van der Waals surface area contributed by atoms with Gasteiger partial charge >= 0.3 is 12.0 Å². The highest BCUT2D eigenvalue weighted by Crippen LogP contribution is 2.19. The minimum Gasteiger partial charge on any atom is -0.465 e. The Morgan fingerprint density at radius 2 is 2.14 bits per heavy atom. The van der Waals surface area contributed by atoms with Gasteiger partial charge in [-0.3, -0.25) is 9.69 Å². The second-order valence-corrected chi connectivity index (χ2v) is 5.11. The van der Waals surface area contributed by atoms with Crippen molar-refractivity contribution >= 4 is 23.6 Å². The summed E-state index contributed by atoms with van der Waals surface area (Å²) in [5, 5.41) is 5.64. The molecule has 7 nitrogen and oxygen atoms in total. The second kappa shape index (κ2) is 6.46. The fourth-order valence-corrected chi connectivity index (χ4v) is 2.23. The Hall–Kier alpha value is -2.57. The van der Waals surface area contributed by atoms with Gasteiger partial charge in [-0.2, -0.15) is 0 Å². The average Bonchev–Trinajstić information content (AvgIpc) is 2.93. The van der Waals surface area contributed by atoms with Crippen molar-refractivity contribution in [1.82, 2.24) is 10.2 Å². The molecule has 0 spiro atoms. The fourth-order valence-electron chi connectivity index (χ4n) is 2.23. The van der Waals surface area contributed by atoms with Crippen LogP contribution in [0.2, 0.25) is 0 Å². The zero-order chi connectivity index (χ0) is 16.3. The summed E-state index contributed by atoms with van der Waals surface area (Å²) in [5.74, 6) is -0.751. The highest BCUT2D eigenvalue weighted by molar-refractivity contribution is 5.99. The van der Waals surface area contributed by atoms with Crippen LogP contribution in [0.15, 0.2) is 18.2 Å². The molecule has 0 aliphatic carbocycles. The van der Waals surface area contributed by atoms with Gasteiger partial charge in [0, 0.05) is 18.8 Å². The third-order valence-corrected chi connectivity index (χ3v) is 3.52. The van der Waals surface area contributed by atoms with E-state index in [1.54, 1.807) is 25.1 Å². The molecule has 1 fully saturated rings. The largest absolute Gasteiger partial charge is 0.465 e. The minimum absolute atomic E-state index is 0.308. The predicted molar refractivity (Wildman–Crippen MR) is 80.7 cm³/mol. The van der Waals surface area contributed by atoms with Crippen molar-refractivity contribution in [3.63, 3.8) is 0 Å². The molecule has 0 unspecified atom stereocenters. The summed E-state index contributed by atoms with van der Waals surface area (Å²) in [4.78, 5) is 36.5. The van der Waals surface area contributed by atoms with E-state index in [9.17, 15) is 14.4 Å². The van der Waals surface area contributed by atoms with E-state index in [0.29, 0.717) is 24.3 Å². The van der Waals surface area contributed by atoms with Crippen molar-refractivity contribution < 1.29 is 19.1 Å². The molecule has 2 rings (SSSR count). The van der Waals surface area contributed by atoms with Crippen molar-refractivity contribution in [2.75, 3.05) is 25.5 Å². The molecule has 22 heavy (non-hydrogen) atoms. The van der Waals surface area contributed by atoms with E-state index in [0.717, 1.165) is 5.56 Å². The Bertz CT molecular complexity index is 615. The molecule has 1 aliphatic rings. The molecular formula is C15H19N3O4. The van der Waals surface area contributed by atoms with Gasteiger partial charge in [0.2, 0.25) is 0 Å². The maximum atomic E-state index is 12.3. The smallest absolute Gasteiger partial charge is 0.337 e. The SMILES string of the molecule is COC(=O)c1ccc(C)c(N[C@H](C)C(=O)N2CCNC2=O)c1. The Balaban J connectivity index is 2.13. The number of urea groups is 1. The van der Waals surface area contributed by atoms with Crippen LogP contribution in [-0.2, 0) is 9.53 Å². The molecule has 0 bridgehead atoms. The molecule has 1 saturated heterocycles. The summed E-state index contributed by atoms with van der Waals surface area (Å²) in [6.45, 7) is 4.38. The summed E-state index contributed by atoms with van der Waals surface area (Å²) in [6.07, 6.45) is 0. The summed E-state index contributed by atoms with van der Waals surface area (Å²) >= 11 is 0. The maximum Gasteiger partial charge on any atom is 0.337 e. The molecule has 0 radical (unpaired) electrons. The van der Waals surface area contributed by atoms with Gasteiger partial charge < -0.3 is 15.4 Å². The molecule has 0 saturated carbocycles. The van der Waals surface area contributed by atoms with Gasteiger partial charge in [-0.05, 0) is 31.5 Å². The highest BCUT2D eigenvalue weighted by Gasteiger charge is 2.29. The number of hydrogen-bond acceptors (Lipinski definition) is 5. The number of carbonyl (C=O) groups excluding carboxylic acids is 3. The molecular weight excluding hydrogens is 286 g/mol. The van der Waals surface area contributed by atoms with Crippen LogP contribution in [-0.4, -0.2) is 49.0 Å². The maximum absolute atomic E-state index is 12.3. The number of hydrogen-bond donors (Lipinski definition) is 2. The van der Waals surface area contributed by atoms with Gasteiger partial charge in [0.05, 0.1) is 12.7 Å². The number of esters is 1. The summed E-state index contributed by atoms with van der Waals surface area (Å²) in [6, 6.07) is 4.10. The van der Waals surface area contributed by atoms with E-state index in [4.69, 9.17) is 0 Å². The standard InChI is InChI=1S/C15H19N3O4/c1-9-4-5-11(14(20)22-3)8-12(9)17-10(2)13(19)18-7-6-16-15(18)21/h4-5,8,10,17H,6-7H2,1-3H3,(H,16,21)/t10-/m1/s1. The summed E-state index contributed by atoms with van der Waals surface area (Å²) < 4.78 is 4.68. The van der Waals surface area contributed by atoms with Crippen molar-refractivity contribution in [2.24, 2.45) is 0 Å². The van der Waals surface area contributed by atoms with E-state index < -0.39 is 12.0 Å². The molecule has 2 N–H and O–H groups in total. The Labute approximate surface area is 128 Å². The zero-order valence-corrected chi connectivity index (χ0v) is 12.8. The lowest BCUT2D eigenvalue weighted by Crippen LogP contribution is -2.43. The number of anilines is 1. The van der Waals surface area contributed by atoms with Crippen LogP contribution < -0.4 is 10.6 Å². The quantitative estimate of drug-likeness (QED) is 0.814. The van der Waals surface area contributed by atoms with Crippen LogP contribution in [0.1, 0.15) is 22.8 Å². The molecule has 7 heteroatoms. The Morgan fingerprint density at radius 3 is 2.73 bits per heavy atom. The zero-order valence-electron chi connectivity index (χ0n) is 12.8. The average molecular weight is 305 g/mol. The molecule has 1 heterocycles. The molecule has 118 valence electrons. The van der Waals surface area contributed by atoms with E-state index in [1.165, 1.54) is 12.0 Å². The third-order valence-electron chi connectivity index (χ3n) is 3.52. The normalized spacial score (nSPS) is 15.2. The van der Waals surface area contributed by atoms with E-state index in [1.807, 2.05) is 6.92 Å². The molecule has 1 aliphatic heterocycles. The number of nitrogens with one attached hydrogen (secondary N) is 2. The first-order chi connectivity index (χ1) is 10.4. The van der Waals surface area contributed by atoms with Crippen molar-refractivity contribution in [3.8, 4) is 0 Å². The van der Waals surface area contributed by atoms with Crippen LogP contribution >= 0.6 is 0 Å². The van der Waals surface area contributed by atoms with Crippen LogP contribution in [0.3, 0.4) is 0 Å². The van der Waals surface area contributed by atoms with Crippen LogP contribution in [0.25, 0.3) is 0 Å². The van der Waals surface area contributed by atoms with Crippen LogP contribution in [0, 0.1) is 6.92 Å². The number of nitrogens with zero attached hydrogens (tertiary/aromatic N) is 1. The van der Waals surface area contributed by atoms with E-state index >= 15 is 0 Å². The first kappa shape index (κ1) is 15.8. The number of methoxy groups -OCH3 is 1. The molecule has 1 aromatic carbocycles. The fraction of sp³-hybridized carbons (Fsp3) is 0.400. The number of benzene rings is 1. The van der Waals surface area contributed by atoms with Crippen molar-refractivity contribution in [3.05, 3.63) is 29.3 Å². The Morgan fingerprint density at radius 1 is 1.41 bits per heavy atom. The lowest BCUT2D eigenvalue weighted by molar-refractivity contribution is -0.128. The lowest BCUT2D eigenvalue weighted by atomic mass is 10.1. The number of imide groups is 1. The van der Waals surface area contributed by atoms with Gasteiger partial charge in [0.1, 0.15) is 6.04 Å². The monoisotopic (exact) mass is 305 g/mol. The van der Waals surface area contributed by atoms with E-state index in [-0.39, 0.29) is 11.9 Å². The summed E-state index contributed by atoms with van der Waals surface area (Å²) in [7, 11) is 1.31. The van der Waals surface area contributed by atoms with Crippen LogP contribution in [0.5, 0.6) is 0 Å². The molecule has 3 amide bonds. The van der Waals surface area contributed by atoms with Gasteiger partial charge in [-0.1, -0.05) is 6.07 Å². The minimum atomic E-state index is -0.588. The van der Waals surface area contributed by atoms with Gasteiger partial charge in [-0.15, -0.1) is 0 Å². The van der Waals surface area contributed by atoms with E-state index in [2.05, 4.69) is 15.4 Å². The molecule has 0 aromatic heterocycles. The number of amides is 3. The second-order valence-electron chi connectivity index (χ2n) is 5.11. The van der Waals surface area contributed by atoms with Gasteiger partial charge in [0.15, 0.2) is 0 Å². The topological polar surface area (TPSA) is 87.7 Å². The third kappa shape index (κ3) is 3.19. The van der Waals surface area contributed by atoms with Gasteiger partial charge in [0.25, 0.3) is 5.91 Å². The summed E-state index contributed by atoms with van der Waals surface area (Å²) in [5.41, 5.74) is 1.94.